The second-order valence-corrected chi connectivity index (χ2v) is 5.23. The number of carbonyl (C=O) groups is 1. The Morgan fingerprint density at radius 2 is 1.95 bits per heavy atom. The molecule has 0 fully saturated rings. The highest BCUT2D eigenvalue weighted by Gasteiger charge is 2.14. The lowest BCUT2D eigenvalue weighted by Crippen LogP contribution is -2.26. The van der Waals surface area contributed by atoms with E-state index in [0.29, 0.717) is 22.0 Å². The van der Waals surface area contributed by atoms with Gasteiger partial charge in [0, 0.05) is 23.5 Å². The predicted molar refractivity (Wildman–Crippen MR) is 80.9 cm³/mol. The van der Waals surface area contributed by atoms with Crippen LogP contribution in [0.15, 0.2) is 53.4 Å². The molecular weight excluding hydrogens is 278 g/mol. The molecule has 0 N–H and O–H groups in total. The summed E-state index contributed by atoms with van der Waals surface area (Å²) in [6, 6.07) is 14.8. The molecule has 19 heavy (non-hydrogen) atoms. The minimum Gasteiger partial charge on any atom is -0.337 e. The zero-order valence-corrected chi connectivity index (χ0v) is 12.2. The van der Waals surface area contributed by atoms with Crippen molar-refractivity contribution in [2.24, 2.45) is 0 Å². The molecule has 2 aromatic rings. The summed E-state index contributed by atoms with van der Waals surface area (Å²) >= 11 is 10.2. The highest BCUT2D eigenvalue weighted by molar-refractivity contribution is 7.80. The Labute approximate surface area is 123 Å². The van der Waals surface area contributed by atoms with Gasteiger partial charge in [0.25, 0.3) is 5.91 Å². The van der Waals surface area contributed by atoms with Crippen LogP contribution in [0.5, 0.6) is 0 Å². The number of halogens is 1. The average Bonchev–Trinajstić information content (AvgIpc) is 2.38. The summed E-state index contributed by atoms with van der Waals surface area (Å²) in [7, 11) is 1.77. The maximum absolute atomic E-state index is 12.3. The molecule has 0 radical (unpaired) electrons. The average molecular weight is 292 g/mol. The van der Waals surface area contributed by atoms with E-state index < -0.39 is 0 Å². The van der Waals surface area contributed by atoms with Gasteiger partial charge in [-0.2, -0.15) is 0 Å². The predicted octanol–water partition coefficient (Wildman–Crippen LogP) is 3.90. The molecule has 98 valence electrons. The topological polar surface area (TPSA) is 20.3 Å². The molecule has 2 nitrogen and oxygen atoms in total. The van der Waals surface area contributed by atoms with Crippen LogP contribution < -0.4 is 0 Å². The van der Waals surface area contributed by atoms with E-state index in [0.717, 1.165) is 5.56 Å². The van der Waals surface area contributed by atoms with Gasteiger partial charge in [-0.1, -0.05) is 35.9 Å². The minimum atomic E-state index is -0.0504. The third-order valence-electron chi connectivity index (χ3n) is 2.79. The molecule has 2 rings (SSSR count). The fourth-order valence-corrected chi connectivity index (χ4v) is 2.31. The van der Waals surface area contributed by atoms with E-state index in [1.54, 1.807) is 18.0 Å². The van der Waals surface area contributed by atoms with Crippen LogP contribution in [-0.4, -0.2) is 17.9 Å². The Hall–Kier alpha value is -1.45. The van der Waals surface area contributed by atoms with Crippen LogP contribution in [0, 0.1) is 0 Å². The lowest BCUT2D eigenvalue weighted by molar-refractivity contribution is 0.0782. The molecule has 0 heterocycles. The second kappa shape index (κ2) is 6.13. The van der Waals surface area contributed by atoms with E-state index in [9.17, 15) is 4.79 Å². The van der Waals surface area contributed by atoms with Crippen molar-refractivity contribution >= 4 is 30.1 Å². The molecule has 0 aliphatic rings. The number of rotatable bonds is 3. The summed E-state index contributed by atoms with van der Waals surface area (Å²) in [6.07, 6.45) is 0. The first-order valence-corrected chi connectivity index (χ1v) is 6.68. The molecule has 1 amide bonds. The van der Waals surface area contributed by atoms with Gasteiger partial charge in [-0.3, -0.25) is 4.79 Å². The van der Waals surface area contributed by atoms with Crippen LogP contribution in [0.3, 0.4) is 0 Å². The largest absolute Gasteiger partial charge is 0.337 e. The molecule has 0 unspecified atom stereocenters. The maximum atomic E-state index is 12.3. The number of hydrogen-bond acceptors (Lipinski definition) is 2. The Kier molecular flexibility index (Phi) is 4.51. The van der Waals surface area contributed by atoms with E-state index in [-0.39, 0.29) is 5.91 Å². The third kappa shape index (κ3) is 3.52. The summed E-state index contributed by atoms with van der Waals surface area (Å²) in [6.45, 7) is 0.515. The summed E-state index contributed by atoms with van der Waals surface area (Å²) in [4.78, 5) is 14.6. The Morgan fingerprint density at radius 3 is 2.63 bits per heavy atom. The van der Waals surface area contributed by atoms with Crippen LogP contribution in [0.2, 0.25) is 5.02 Å². The first-order chi connectivity index (χ1) is 9.08. The van der Waals surface area contributed by atoms with Gasteiger partial charge < -0.3 is 4.90 Å². The lowest BCUT2D eigenvalue weighted by atomic mass is 10.1. The number of nitrogens with zero attached hydrogens (tertiary/aromatic N) is 1. The van der Waals surface area contributed by atoms with Crippen molar-refractivity contribution in [3.8, 4) is 0 Å². The summed E-state index contributed by atoms with van der Waals surface area (Å²) in [5.74, 6) is -0.0504. The Bertz CT molecular complexity index is 600. The zero-order chi connectivity index (χ0) is 13.8. The molecule has 0 aromatic heterocycles. The van der Waals surface area contributed by atoms with E-state index in [1.165, 1.54) is 0 Å². The van der Waals surface area contributed by atoms with Gasteiger partial charge in [-0.15, -0.1) is 12.6 Å². The SMILES string of the molecule is CN(Cc1cccc(Cl)c1)C(=O)c1ccccc1S. The number of benzene rings is 2. The normalized spacial score (nSPS) is 10.3. The van der Waals surface area contributed by atoms with E-state index >= 15 is 0 Å². The van der Waals surface area contributed by atoms with E-state index in [2.05, 4.69) is 12.6 Å². The Morgan fingerprint density at radius 1 is 1.21 bits per heavy atom. The van der Waals surface area contributed by atoms with Gasteiger partial charge >= 0.3 is 0 Å². The van der Waals surface area contributed by atoms with Crippen molar-refractivity contribution in [2.45, 2.75) is 11.4 Å². The van der Waals surface area contributed by atoms with Crippen molar-refractivity contribution in [1.82, 2.24) is 4.90 Å². The first-order valence-electron chi connectivity index (χ1n) is 5.86. The molecular formula is C15H14ClNOS. The van der Waals surface area contributed by atoms with Crippen molar-refractivity contribution in [3.05, 3.63) is 64.7 Å². The molecule has 2 aromatic carbocycles. The lowest BCUT2D eigenvalue weighted by Gasteiger charge is -2.18. The first kappa shape index (κ1) is 14.0. The molecule has 0 aliphatic heterocycles. The van der Waals surface area contributed by atoms with Crippen molar-refractivity contribution in [3.63, 3.8) is 0 Å². The third-order valence-corrected chi connectivity index (χ3v) is 3.42. The molecule has 0 bridgehead atoms. The van der Waals surface area contributed by atoms with E-state index in [1.807, 2.05) is 42.5 Å². The highest BCUT2D eigenvalue weighted by Crippen LogP contribution is 2.17. The Balaban J connectivity index is 2.14. The van der Waals surface area contributed by atoms with Gasteiger partial charge in [0.1, 0.15) is 0 Å². The monoisotopic (exact) mass is 291 g/mol. The number of thiol groups is 1. The van der Waals surface area contributed by atoms with Crippen LogP contribution in [0.4, 0.5) is 0 Å². The van der Waals surface area contributed by atoms with Crippen LogP contribution in [0.1, 0.15) is 15.9 Å². The van der Waals surface area contributed by atoms with Gasteiger partial charge in [0.15, 0.2) is 0 Å². The van der Waals surface area contributed by atoms with Gasteiger partial charge in [-0.05, 0) is 29.8 Å². The van der Waals surface area contributed by atoms with Gasteiger partial charge in [0.05, 0.1) is 5.56 Å². The van der Waals surface area contributed by atoms with Gasteiger partial charge in [0.2, 0.25) is 0 Å². The summed E-state index contributed by atoms with van der Waals surface area (Å²) < 4.78 is 0. The smallest absolute Gasteiger partial charge is 0.255 e. The molecule has 0 aliphatic carbocycles. The van der Waals surface area contributed by atoms with Crippen molar-refractivity contribution < 1.29 is 4.79 Å². The molecule has 4 heteroatoms. The van der Waals surface area contributed by atoms with Gasteiger partial charge in [-0.25, -0.2) is 0 Å². The number of carbonyl (C=O) groups excluding carboxylic acids is 1. The number of hydrogen-bond donors (Lipinski definition) is 1. The van der Waals surface area contributed by atoms with E-state index in [4.69, 9.17) is 11.6 Å². The van der Waals surface area contributed by atoms with Crippen LogP contribution >= 0.6 is 24.2 Å². The number of amides is 1. The fourth-order valence-electron chi connectivity index (χ4n) is 1.84. The maximum Gasteiger partial charge on any atom is 0.255 e. The fraction of sp³-hybridized carbons (Fsp3) is 0.133. The zero-order valence-electron chi connectivity index (χ0n) is 10.5. The quantitative estimate of drug-likeness (QED) is 0.851. The standard InChI is InChI=1S/C15H14ClNOS/c1-17(10-11-5-4-6-12(16)9-11)15(18)13-7-2-3-8-14(13)19/h2-9,19H,10H2,1H3. The second-order valence-electron chi connectivity index (χ2n) is 4.31. The van der Waals surface area contributed by atoms with Crippen LogP contribution in [0.25, 0.3) is 0 Å². The molecule has 0 spiro atoms. The van der Waals surface area contributed by atoms with Crippen molar-refractivity contribution in [2.75, 3.05) is 7.05 Å². The summed E-state index contributed by atoms with van der Waals surface area (Å²) in [5, 5.41) is 0.674. The molecule has 0 atom stereocenters. The molecule has 0 saturated carbocycles. The molecule has 0 saturated heterocycles. The minimum absolute atomic E-state index is 0.0504. The van der Waals surface area contributed by atoms with Crippen LogP contribution in [-0.2, 0) is 6.54 Å². The highest BCUT2D eigenvalue weighted by atomic mass is 35.5. The van der Waals surface area contributed by atoms with Crippen molar-refractivity contribution in [1.29, 1.82) is 0 Å². The summed E-state index contributed by atoms with van der Waals surface area (Å²) in [5.41, 5.74) is 1.61.